The third-order valence-corrected chi connectivity index (χ3v) is 3.97. The zero-order valence-corrected chi connectivity index (χ0v) is 16.1. The molecular formula is C20H22N2O6. The van der Waals surface area contributed by atoms with Crippen LogP contribution in [-0.2, 0) is 14.3 Å². The van der Waals surface area contributed by atoms with E-state index in [1.54, 1.807) is 36.4 Å². The minimum atomic E-state index is -0.575. The van der Waals surface area contributed by atoms with Crippen LogP contribution in [0.1, 0.15) is 17.3 Å². The maximum atomic E-state index is 12.6. The second-order valence-corrected chi connectivity index (χ2v) is 5.73. The molecule has 0 saturated heterocycles. The smallest absolute Gasteiger partial charge is 0.339 e. The summed E-state index contributed by atoms with van der Waals surface area (Å²) in [5.41, 5.74) is 0.901. The van der Waals surface area contributed by atoms with Gasteiger partial charge in [-0.25, -0.2) is 4.79 Å². The maximum absolute atomic E-state index is 12.6. The van der Waals surface area contributed by atoms with Crippen LogP contribution in [-0.4, -0.2) is 45.7 Å². The summed E-state index contributed by atoms with van der Waals surface area (Å²) >= 11 is 0. The predicted molar refractivity (Wildman–Crippen MR) is 104 cm³/mol. The molecule has 0 aliphatic carbocycles. The van der Waals surface area contributed by atoms with Gasteiger partial charge in [0.1, 0.15) is 18.0 Å². The van der Waals surface area contributed by atoms with Gasteiger partial charge in [-0.05, 0) is 24.3 Å². The Kier molecular flexibility index (Phi) is 6.97. The van der Waals surface area contributed by atoms with Crippen molar-refractivity contribution >= 4 is 29.2 Å². The molecule has 8 heteroatoms. The standard InChI is InChI=1S/C20H22N2O6/c1-13(23)22(17-11-14(26-2)9-10-18(17)27-3)12-19(24)21-16-8-6-5-7-15(16)20(25)28-4/h5-11H,12H2,1-4H3,(H,21,24). The van der Waals surface area contributed by atoms with Gasteiger partial charge in [-0.1, -0.05) is 12.1 Å². The molecule has 8 nitrogen and oxygen atoms in total. The van der Waals surface area contributed by atoms with Crippen molar-refractivity contribution in [2.24, 2.45) is 0 Å². The molecule has 148 valence electrons. The molecule has 0 aliphatic rings. The molecule has 0 atom stereocenters. The van der Waals surface area contributed by atoms with Gasteiger partial charge in [0, 0.05) is 13.0 Å². The third-order valence-electron chi connectivity index (χ3n) is 3.97. The highest BCUT2D eigenvalue weighted by Gasteiger charge is 2.21. The Morgan fingerprint density at radius 3 is 2.32 bits per heavy atom. The highest BCUT2D eigenvalue weighted by Crippen LogP contribution is 2.32. The minimum Gasteiger partial charge on any atom is -0.497 e. The average molecular weight is 386 g/mol. The highest BCUT2D eigenvalue weighted by molar-refractivity contribution is 6.05. The van der Waals surface area contributed by atoms with Crippen LogP contribution in [0.5, 0.6) is 11.5 Å². The van der Waals surface area contributed by atoms with Crippen molar-refractivity contribution in [1.29, 1.82) is 0 Å². The number of para-hydroxylation sites is 1. The Balaban J connectivity index is 2.28. The number of hydrogen-bond donors (Lipinski definition) is 1. The molecule has 0 spiro atoms. The number of anilines is 2. The number of carbonyl (C=O) groups is 3. The molecule has 2 amide bonds. The molecule has 0 heterocycles. The second kappa shape index (κ2) is 9.40. The molecule has 0 radical (unpaired) electrons. The number of hydrogen-bond acceptors (Lipinski definition) is 6. The van der Waals surface area contributed by atoms with Gasteiger partial charge in [0.05, 0.1) is 38.3 Å². The van der Waals surface area contributed by atoms with Crippen LogP contribution in [0.2, 0.25) is 0 Å². The summed E-state index contributed by atoms with van der Waals surface area (Å²) in [6, 6.07) is 11.4. The van der Waals surface area contributed by atoms with Gasteiger partial charge in [-0.2, -0.15) is 0 Å². The van der Waals surface area contributed by atoms with E-state index >= 15 is 0 Å². The second-order valence-electron chi connectivity index (χ2n) is 5.73. The van der Waals surface area contributed by atoms with Crippen molar-refractivity contribution < 1.29 is 28.6 Å². The minimum absolute atomic E-state index is 0.215. The Morgan fingerprint density at radius 2 is 1.71 bits per heavy atom. The lowest BCUT2D eigenvalue weighted by Crippen LogP contribution is -2.37. The first-order chi connectivity index (χ1) is 13.4. The molecule has 2 rings (SSSR count). The lowest BCUT2D eigenvalue weighted by Gasteiger charge is -2.23. The Labute approximate surface area is 163 Å². The maximum Gasteiger partial charge on any atom is 0.339 e. The van der Waals surface area contributed by atoms with Gasteiger partial charge in [-0.15, -0.1) is 0 Å². The third kappa shape index (κ3) is 4.79. The van der Waals surface area contributed by atoms with Gasteiger partial charge >= 0.3 is 5.97 Å². The Bertz CT molecular complexity index is 881. The summed E-state index contributed by atoms with van der Waals surface area (Å²) < 4.78 is 15.2. The first-order valence-corrected chi connectivity index (χ1v) is 8.38. The highest BCUT2D eigenvalue weighted by atomic mass is 16.5. The van der Waals surface area contributed by atoms with E-state index in [9.17, 15) is 14.4 Å². The fourth-order valence-electron chi connectivity index (χ4n) is 2.59. The number of ether oxygens (including phenoxy) is 3. The summed E-state index contributed by atoms with van der Waals surface area (Å²) in [4.78, 5) is 37.9. The zero-order chi connectivity index (χ0) is 20.7. The molecule has 0 aliphatic heterocycles. The van der Waals surface area contributed by atoms with E-state index in [1.807, 2.05) is 0 Å². The van der Waals surface area contributed by atoms with Gasteiger partial charge < -0.3 is 19.5 Å². The molecule has 2 aromatic rings. The van der Waals surface area contributed by atoms with Crippen LogP contribution in [0.3, 0.4) is 0 Å². The summed E-state index contributed by atoms with van der Waals surface area (Å²) in [7, 11) is 4.23. The molecular weight excluding hydrogens is 364 g/mol. The van der Waals surface area contributed by atoms with Gasteiger partial charge in [0.2, 0.25) is 11.8 Å². The lowest BCUT2D eigenvalue weighted by atomic mass is 10.1. The Hall–Kier alpha value is -3.55. The molecule has 1 N–H and O–H groups in total. The van der Waals surface area contributed by atoms with Gasteiger partial charge in [-0.3, -0.25) is 14.5 Å². The number of rotatable bonds is 7. The van der Waals surface area contributed by atoms with E-state index in [0.717, 1.165) is 0 Å². The number of methoxy groups -OCH3 is 3. The number of benzene rings is 2. The number of amides is 2. The van der Waals surface area contributed by atoms with Gasteiger partial charge in [0.15, 0.2) is 0 Å². The van der Waals surface area contributed by atoms with Crippen molar-refractivity contribution in [2.75, 3.05) is 38.1 Å². The number of esters is 1. The number of nitrogens with one attached hydrogen (secondary N) is 1. The summed E-state index contributed by atoms with van der Waals surface area (Å²) in [6.07, 6.45) is 0. The molecule has 0 saturated carbocycles. The quantitative estimate of drug-likeness (QED) is 0.735. The average Bonchev–Trinajstić information content (AvgIpc) is 2.71. The molecule has 2 aromatic carbocycles. The molecule has 0 aromatic heterocycles. The fraction of sp³-hybridized carbons (Fsp3) is 0.250. The van der Waals surface area contributed by atoms with Crippen LogP contribution in [0.4, 0.5) is 11.4 Å². The predicted octanol–water partition coefficient (Wildman–Crippen LogP) is 2.48. The zero-order valence-electron chi connectivity index (χ0n) is 16.1. The van der Waals surface area contributed by atoms with Crippen LogP contribution in [0.15, 0.2) is 42.5 Å². The summed E-state index contributed by atoms with van der Waals surface area (Å²) in [6.45, 7) is 1.06. The number of nitrogens with zero attached hydrogens (tertiary/aromatic N) is 1. The van der Waals surface area contributed by atoms with E-state index in [-0.39, 0.29) is 18.0 Å². The van der Waals surface area contributed by atoms with Crippen LogP contribution in [0.25, 0.3) is 0 Å². The van der Waals surface area contributed by atoms with Gasteiger partial charge in [0.25, 0.3) is 0 Å². The van der Waals surface area contributed by atoms with Crippen molar-refractivity contribution in [1.82, 2.24) is 0 Å². The van der Waals surface area contributed by atoms with Crippen LogP contribution >= 0.6 is 0 Å². The summed E-state index contributed by atoms with van der Waals surface area (Å²) in [5.74, 6) is -0.495. The lowest BCUT2D eigenvalue weighted by molar-refractivity contribution is -0.120. The van der Waals surface area contributed by atoms with Crippen molar-refractivity contribution in [3.63, 3.8) is 0 Å². The van der Waals surface area contributed by atoms with E-state index < -0.39 is 11.9 Å². The van der Waals surface area contributed by atoms with Crippen LogP contribution < -0.4 is 19.7 Å². The Morgan fingerprint density at radius 1 is 1.00 bits per heavy atom. The SMILES string of the molecule is COC(=O)c1ccccc1NC(=O)CN(C(C)=O)c1cc(OC)ccc1OC. The molecule has 28 heavy (non-hydrogen) atoms. The topological polar surface area (TPSA) is 94.2 Å². The van der Waals surface area contributed by atoms with Crippen molar-refractivity contribution in [3.8, 4) is 11.5 Å². The summed E-state index contributed by atoms with van der Waals surface area (Å²) in [5, 5.41) is 2.64. The fourth-order valence-corrected chi connectivity index (χ4v) is 2.59. The van der Waals surface area contributed by atoms with Crippen molar-refractivity contribution in [3.05, 3.63) is 48.0 Å². The largest absolute Gasteiger partial charge is 0.497 e. The van der Waals surface area contributed by atoms with E-state index in [4.69, 9.17) is 14.2 Å². The monoisotopic (exact) mass is 386 g/mol. The number of carbonyl (C=O) groups excluding carboxylic acids is 3. The first-order valence-electron chi connectivity index (χ1n) is 8.38. The molecule has 0 bridgehead atoms. The molecule has 0 unspecified atom stereocenters. The molecule has 0 fully saturated rings. The van der Waals surface area contributed by atoms with E-state index in [0.29, 0.717) is 22.9 Å². The van der Waals surface area contributed by atoms with E-state index in [1.165, 1.54) is 39.2 Å². The van der Waals surface area contributed by atoms with Crippen LogP contribution in [0, 0.1) is 0 Å². The van der Waals surface area contributed by atoms with Crippen molar-refractivity contribution in [2.45, 2.75) is 6.92 Å². The first kappa shape index (κ1) is 20.8. The normalized spacial score (nSPS) is 10.0. The van der Waals surface area contributed by atoms with E-state index in [2.05, 4.69) is 5.32 Å².